The quantitative estimate of drug-likeness (QED) is 0.775. The zero-order chi connectivity index (χ0) is 11.3. The van der Waals surface area contributed by atoms with Crippen molar-refractivity contribution in [3.8, 4) is 5.88 Å². The molecule has 1 N–H and O–H groups in total. The summed E-state index contributed by atoms with van der Waals surface area (Å²) in [6.45, 7) is 1.25. The molecule has 0 spiro atoms. The maximum atomic E-state index is 10.6. The predicted molar refractivity (Wildman–Crippen MR) is 55.2 cm³/mol. The van der Waals surface area contributed by atoms with Crippen LogP contribution < -0.4 is 4.74 Å². The van der Waals surface area contributed by atoms with E-state index in [4.69, 9.17) is 9.84 Å². The van der Waals surface area contributed by atoms with Gasteiger partial charge in [0.05, 0.1) is 5.56 Å². The van der Waals surface area contributed by atoms with Crippen LogP contribution >= 0.6 is 0 Å². The molecule has 82 valence electrons. The van der Waals surface area contributed by atoms with Crippen LogP contribution in [0.3, 0.4) is 0 Å². The zero-order valence-electron chi connectivity index (χ0n) is 8.80. The van der Waals surface area contributed by atoms with Gasteiger partial charge < -0.3 is 14.7 Å². The van der Waals surface area contributed by atoms with Gasteiger partial charge in [0, 0.05) is 18.8 Å². The van der Waals surface area contributed by atoms with E-state index in [0.29, 0.717) is 12.5 Å². The van der Waals surface area contributed by atoms with Crippen molar-refractivity contribution < 1.29 is 14.6 Å². The lowest BCUT2D eigenvalue weighted by Crippen LogP contribution is -2.19. The Balaban J connectivity index is 2.54. The molecule has 1 aromatic rings. The van der Waals surface area contributed by atoms with Gasteiger partial charge in [0.1, 0.15) is 6.61 Å². The normalized spacial score (nSPS) is 10.3. The van der Waals surface area contributed by atoms with Crippen molar-refractivity contribution in [2.45, 2.75) is 0 Å². The largest absolute Gasteiger partial charge is 0.478 e. The number of carboxylic acids is 1. The van der Waals surface area contributed by atoms with Crippen LogP contribution in [-0.2, 0) is 0 Å². The summed E-state index contributed by atoms with van der Waals surface area (Å²) in [5.41, 5.74) is 0.185. The van der Waals surface area contributed by atoms with Crippen LogP contribution in [0.25, 0.3) is 0 Å². The Hall–Kier alpha value is -1.62. The molecular formula is C10H14N2O3. The average Bonchev–Trinajstić information content (AvgIpc) is 2.17. The van der Waals surface area contributed by atoms with Crippen LogP contribution in [0.1, 0.15) is 10.4 Å². The lowest BCUT2D eigenvalue weighted by molar-refractivity contribution is 0.0696. The molecule has 0 aliphatic carbocycles. The maximum absolute atomic E-state index is 10.6. The second kappa shape index (κ2) is 5.31. The van der Waals surface area contributed by atoms with Gasteiger partial charge in [-0.05, 0) is 20.2 Å². The first-order valence-corrected chi connectivity index (χ1v) is 4.56. The second-order valence-electron chi connectivity index (χ2n) is 3.34. The number of aromatic nitrogens is 1. The number of hydrogen-bond acceptors (Lipinski definition) is 4. The molecule has 1 aromatic heterocycles. The van der Waals surface area contributed by atoms with Gasteiger partial charge in [0.15, 0.2) is 0 Å². The van der Waals surface area contributed by atoms with Crippen LogP contribution in [0.15, 0.2) is 18.3 Å². The first-order chi connectivity index (χ1) is 7.09. The zero-order valence-corrected chi connectivity index (χ0v) is 8.80. The third kappa shape index (κ3) is 3.95. The maximum Gasteiger partial charge on any atom is 0.335 e. The monoisotopic (exact) mass is 210 g/mol. The highest BCUT2D eigenvalue weighted by Gasteiger charge is 2.04. The molecule has 0 amide bonds. The molecule has 0 fully saturated rings. The molecule has 5 heteroatoms. The summed E-state index contributed by atoms with van der Waals surface area (Å²) in [5.74, 6) is -0.633. The molecule has 0 bridgehead atoms. The summed E-state index contributed by atoms with van der Waals surface area (Å²) < 4.78 is 5.29. The van der Waals surface area contributed by atoms with Crippen molar-refractivity contribution >= 4 is 5.97 Å². The van der Waals surface area contributed by atoms with Gasteiger partial charge in [-0.25, -0.2) is 9.78 Å². The molecule has 0 saturated heterocycles. The van der Waals surface area contributed by atoms with E-state index in [1.807, 2.05) is 19.0 Å². The summed E-state index contributed by atoms with van der Waals surface area (Å²) in [6.07, 6.45) is 1.43. The highest BCUT2D eigenvalue weighted by Crippen LogP contribution is 2.08. The van der Waals surface area contributed by atoms with E-state index in [9.17, 15) is 4.79 Å². The summed E-state index contributed by atoms with van der Waals surface area (Å²) >= 11 is 0. The topological polar surface area (TPSA) is 62.7 Å². The van der Waals surface area contributed by atoms with E-state index in [0.717, 1.165) is 6.54 Å². The molecule has 0 aromatic carbocycles. The Kier molecular flexibility index (Phi) is 4.05. The Morgan fingerprint density at radius 3 is 2.93 bits per heavy atom. The number of carbonyl (C=O) groups is 1. The van der Waals surface area contributed by atoms with Crippen molar-refractivity contribution in [2.24, 2.45) is 0 Å². The fourth-order valence-corrected chi connectivity index (χ4v) is 0.954. The number of likely N-dealkylation sites (N-methyl/N-ethyl adjacent to an activating group) is 1. The number of aromatic carboxylic acids is 1. The Bertz CT molecular complexity index is 339. The van der Waals surface area contributed by atoms with Crippen molar-refractivity contribution in [2.75, 3.05) is 27.2 Å². The number of hydrogen-bond donors (Lipinski definition) is 1. The molecule has 15 heavy (non-hydrogen) atoms. The molecule has 0 aliphatic rings. The highest BCUT2D eigenvalue weighted by molar-refractivity contribution is 5.87. The summed E-state index contributed by atoms with van der Waals surface area (Å²) in [5, 5.41) is 8.73. The number of pyridine rings is 1. The first-order valence-electron chi connectivity index (χ1n) is 4.56. The third-order valence-electron chi connectivity index (χ3n) is 1.77. The van der Waals surface area contributed by atoms with E-state index in [1.165, 1.54) is 18.3 Å². The van der Waals surface area contributed by atoms with Crippen LogP contribution in [-0.4, -0.2) is 48.2 Å². The van der Waals surface area contributed by atoms with Gasteiger partial charge in [0.25, 0.3) is 0 Å². The van der Waals surface area contributed by atoms with Gasteiger partial charge in [-0.1, -0.05) is 0 Å². The van der Waals surface area contributed by atoms with Crippen LogP contribution in [0.5, 0.6) is 5.88 Å². The number of rotatable bonds is 5. The Labute approximate surface area is 88.3 Å². The second-order valence-corrected chi connectivity index (χ2v) is 3.34. The minimum atomic E-state index is -0.977. The van der Waals surface area contributed by atoms with E-state index in [2.05, 4.69) is 4.98 Å². The van der Waals surface area contributed by atoms with E-state index >= 15 is 0 Å². The van der Waals surface area contributed by atoms with E-state index in [1.54, 1.807) is 0 Å². The predicted octanol–water partition coefficient (Wildman–Crippen LogP) is 0.720. The number of ether oxygens (including phenoxy) is 1. The van der Waals surface area contributed by atoms with Gasteiger partial charge in [-0.3, -0.25) is 0 Å². The molecular weight excluding hydrogens is 196 g/mol. The van der Waals surface area contributed by atoms with Crippen molar-refractivity contribution in [3.63, 3.8) is 0 Å². The molecule has 1 heterocycles. The first kappa shape index (κ1) is 11.5. The summed E-state index contributed by atoms with van der Waals surface area (Å²) in [6, 6.07) is 2.85. The fourth-order valence-electron chi connectivity index (χ4n) is 0.954. The summed E-state index contributed by atoms with van der Waals surface area (Å²) in [7, 11) is 3.87. The van der Waals surface area contributed by atoms with Gasteiger partial charge >= 0.3 is 5.97 Å². The standard InChI is InChI=1S/C10H14N2O3/c1-12(2)5-6-15-9-7-8(10(13)14)3-4-11-9/h3-4,7H,5-6H2,1-2H3,(H,13,14). The third-order valence-corrected chi connectivity index (χ3v) is 1.77. The van der Waals surface area contributed by atoms with Crippen LogP contribution in [0.4, 0.5) is 0 Å². The molecule has 5 nitrogen and oxygen atoms in total. The van der Waals surface area contributed by atoms with Crippen molar-refractivity contribution in [1.82, 2.24) is 9.88 Å². The molecule has 0 atom stereocenters. The molecule has 0 saturated carbocycles. The smallest absolute Gasteiger partial charge is 0.335 e. The molecule has 1 rings (SSSR count). The lowest BCUT2D eigenvalue weighted by Gasteiger charge is -2.10. The minimum Gasteiger partial charge on any atom is -0.478 e. The van der Waals surface area contributed by atoms with Crippen LogP contribution in [0, 0.1) is 0 Å². The Morgan fingerprint density at radius 2 is 2.33 bits per heavy atom. The SMILES string of the molecule is CN(C)CCOc1cc(C(=O)O)ccn1. The Morgan fingerprint density at radius 1 is 1.60 bits per heavy atom. The van der Waals surface area contributed by atoms with Gasteiger partial charge in [-0.15, -0.1) is 0 Å². The van der Waals surface area contributed by atoms with Crippen molar-refractivity contribution in [1.29, 1.82) is 0 Å². The molecule has 0 aliphatic heterocycles. The number of nitrogens with zero attached hydrogens (tertiary/aromatic N) is 2. The van der Waals surface area contributed by atoms with Crippen LogP contribution in [0.2, 0.25) is 0 Å². The lowest BCUT2D eigenvalue weighted by atomic mass is 10.3. The number of carboxylic acid groups (broad SMARTS) is 1. The van der Waals surface area contributed by atoms with Crippen molar-refractivity contribution in [3.05, 3.63) is 23.9 Å². The summed E-state index contributed by atoms with van der Waals surface area (Å²) in [4.78, 5) is 16.5. The highest BCUT2D eigenvalue weighted by atomic mass is 16.5. The molecule has 0 radical (unpaired) electrons. The molecule has 0 unspecified atom stereocenters. The van der Waals surface area contributed by atoms with Gasteiger partial charge in [0.2, 0.25) is 5.88 Å². The van der Waals surface area contributed by atoms with Gasteiger partial charge in [-0.2, -0.15) is 0 Å². The van der Waals surface area contributed by atoms with E-state index < -0.39 is 5.97 Å². The fraction of sp³-hybridized carbons (Fsp3) is 0.400. The average molecular weight is 210 g/mol. The van der Waals surface area contributed by atoms with E-state index in [-0.39, 0.29) is 5.56 Å². The minimum absolute atomic E-state index is 0.185.